The van der Waals surface area contributed by atoms with Gasteiger partial charge in [0.2, 0.25) is 10.0 Å². The van der Waals surface area contributed by atoms with Crippen molar-refractivity contribution in [2.24, 2.45) is 5.14 Å². The van der Waals surface area contributed by atoms with Gasteiger partial charge in [0, 0.05) is 10.6 Å². The quantitative estimate of drug-likeness (QED) is 0.767. The molecule has 2 rings (SSSR count). The summed E-state index contributed by atoms with van der Waals surface area (Å²) in [4.78, 5) is 0.903. The molecule has 1 aromatic carbocycles. The lowest BCUT2D eigenvalue weighted by Crippen LogP contribution is -2.30. The van der Waals surface area contributed by atoms with E-state index in [0.29, 0.717) is 24.2 Å². The van der Waals surface area contributed by atoms with Crippen LogP contribution in [0.3, 0.4) is 0 Å². The lowest BCUT2D eigenvalue weighted by Gasteiger charge is -2.25. The van der Waals surface area contributed by atoms with E-state index in [0.717, 1.165) is 4.90 Å². The summed E-state index contributed by atoms with van der Waals surface area (Å²) in [7, 11) is -3.68. The highest BCUT2D eigenvalue weighted by molar-refractivity contribution is 8.00. The first kappa shape index (κ1) is 11.7. The van der Waals surface area contributed by atoms with Crippen molar-refractivity contribution in [2.45, 2.75) is 15.0 Å². The summed E-state index contributed by atoms with van der Waals surface area (Å²) >= 11 is 1.59. The summed E-state index contributed by atoms with van der Waals surface area (Å²) in [5, 5.41) is 5.41. The van der Waals surface area contributed by atoms with Crippen LogP contribution >= 0.6 is 11.8 Å². The number of hydrogen-bond donors (Lipinski definition) is 2. The van der Waals surface area contributed by atoms with E-state index in [4.69, 9.17) is 15.6 Å². The lowest BCUT2D eigenvalue weighted by molar-refractivity contribution is 0.0455. The van der Waals surface area contributed by atoms with E-state index >= 15 is 0 Å². The summed E-state index contributed by atoms with van der Waals surface area (Å²) in [6.07, 6.45) is 0. The summed E-state index contributed by atoms with van der Waals surface area (Å²) in [5.41, 5.74) is 6.20. The molecule has 1 heterocycles. The molecule has 1 fully saturated rings. The van der Waals surface area contributed by atoms with Gasteiger partial charge >= 0.3 is 0 Å². The molecule has 16 heavy (non-hydrogen) atoms. The Balaban J connectivity index is 2.22. The number of nitrogens with two attached hydrogens (primary N) is 2. The van der Waals surface area contributed by atoms with Gasteiger partial charge in [-0.1, -0.05) is 0 Å². The van der Waals surface area contributed by atoms with Crippen molar-refractivity contribution < 1.29 is 13.2 Å². The monoisotopic (exact) mass is 260 g/mol. The van der Waals surface area contributed by atoms with Gasteiger partial charge in [0.15, 0.2) is 0 Å². The highest BCUT2D eigenvalue weighted by Crippen LogP contribution is 2.33. The Hall–Kier alpha value is -0.760. The molecule has 0 amide bonds. The number of anilines is 1. The third-order valence-electron chi connectivity index (χ3n) is 2.21. The molecule has 0 aliphatic carbocycles. The molecule has 4 N–H and O–H groups in total. The maximum absolute atomic E-state index is 11.1. The Morgan fingerprint density at radius 1 is 1.38 bits per heavy atom. The second-order valence-corrected chi connectivity index (χ2v) is 6.43. The second kappa shape index (κ2) is 4.25. The van der Waals surface area contributed by atoms with Gasteiger partial charge in [0.05, 0.1) is 23.4 Å². The summed E-state index contributed by atoms with van der Waals surface area (Å²) in [6, 6.07) is 4.53. The van der Waals surface area contributed by atoms with Gasteiger partial charge in [-0.3, -0.25) is 0 Å². The van der Waals surface area contributed by atoms with Gasteiger partial charge in [0.1, 0.15) is 0 Å². The van der Waals surface area contributed by atoms with Crippen molar-refractivity contribution in [3.8, 4) is 0 Å². The fourth-order valence-electron chi connectivity index (χ4n) is 1.27. The van der Waals surface area contributed by atoms with E-state index in [1.54, 1.807) is 17.8 Å². The predicted molar refractivity (Wildman–Crippen MR) is 62.7 cm³/mol. The fourth-order valence-corrected chi connectivity index (χ4v) is 2.85. The predicted octanol–water partition coefficient (Wildman–Crippen LogP) is 0.407. The Morgan fingerprint density at radius 2 is 2.06 bits per heavy atom. The number of benzene rings is 1. The van der Waals surface area contributed by atoms with Gasteiger partial charge in [0.25, 0.3) is 0 Å². The molecule has 0 atom stereocenters. The number of rotatable bonds is 3. The van der Waals surface area contributed by atoms with Gasteiger partial charge in [-0.15, -0.1) is 11.8 Å². The number of nitrogen functional groups attached to an aromatic ring is 1. The van der Waals surface area contributed by atoms with Crippen LogP contribution in [-0.2, 0) is 14.8 Å². The molecule has 0 bridgehead atoms. The Labute approximate surface area is 98.2 Å². The smallest absolute Gasteiger partial charge is 0.238 e. The van der Waals surface area contributed by atoms with Crippen molar-refractivity contribution in [2.75, 3.05) is 18.9 Å². The molecule has 0 saturated carbocycles. The van der Waals surface area contributed by atoms with Crippen molar-refractivity contribution in [1.29, 1.82) is 0 Å². The molecule has 1 aromatic rings. The number of ether oxygens (including phenoxy) is 1. The van der Waals surface area contributed by atoms with Crippen molar-refractivity contribution in [3.63, 3.8) is 0 Å². The largest absolute Gasteiger partial charge is 0.398 e. The zero-order chi connectivity index (χ0) is 11.8. The van der Waals surface area contributed by atoms with E-state index in [2.05, 4.69) is 0 Å². The average Bonchev–Trinajstić information content (AvgIpc) is 2.11. The van der Waals surface area contributed by atoms with Gasteiger partial charge in [-0.05, 0) is 18.2 Å². The first-order valence-electron chi connectivity index (χ1n) is 4.63. The zero-order valence-corrected chi connectivity index (χ0v) is 10.1. The van der Waals surface area contributed by atoms with Crippen LogP contribution in [0.1, 0.15) is 0 Å². The normalized spacial score (nSPS) is 17.1. The van der Waals surface area contributed by atoms with Crippen LogP contribution in [0.5, 0.6) is 0 Å². The number of hydrogen-bond acceptors (Lipinski definition) is 5. The van der Waals surface area contributed by atoms with E-state index in [-0.39, 0.29) is 4.90 Å². The van der Waals surface area contributed by atoms with Crippen LogP contribution < -0.4 is 10.9 Å². The third-order valence-corrected chi connectivity index (χ3v) is 4.35. The second-order valence-electron chi connectivity index (χ2n) is 3.52. The highest BCUT2D eigenvalue weighted by Gasteiger charge is 2.21. The highest BCUT2D eigenvalue weighted by atomic mass is 32.2. The minimum atomic E-state index is -3.68. The fraction of sp³-hybridized carbons (Fsp3) is 0.333. The standard InChI is InChI=1S/C9H12N2O3S2/c10-8-3-7(16(11,12)13)1-2-9(8)15-6-4-14-5-6/h1-3,6H,4-5,10H2,(H2,11,12,13). The molecule has 1 saturated heterocycles. The van der Waals surface area contributed by atoms with E-state index in [1.807, 2.05) is 0 Å². The van der Waals surface area contributed by atoms with Crippen molar-refractivity contribution >= 4 is 27.5 Å². The molecule has 0 radical (unpaired) electrons. The number of primary sulfonamides is 1. The van der Waals surface area contributed by atoms with Crippen LogP contribution in [0.2, 0.25) is 0 Å². The van der Waals surface area contributed by atoms with Gasteiger partial charge in [-0.25, -0.2) is 13.6 Å². The molecular formula is C9H12N2O3S2. The van der Waals surface area contributed by atoms with E-state index < -0.39 is 10.0 Å². The van der Waals surface area contributed by atoms with Crippen molar-refractivity contribution in [1.82, 2.24) is 0 Å². The van der Waals surface area contributed by atoms with Gasteiger partial charge in [-0.2, -0.15) is 0 Å². The van der Waals surface area contributed by atoms with Crippen LogP contribution in [0.15, 0.2) is 28.0 Å². The minimum absolute atomic E-state index is 0.0409. The van der Waals surface area contributed by atoms with E-state index in [1.165, 1.54) is 12.1 Å². The molecule has 88 valence electrons. The first-order valence-corrected chi connectivity index (χ1v) is 7.06. The first-order chi connectivity index (χ1) is 7.47. The zero-order valence-electron chi connectivity index (χ0n) is 8.42. The molecule has 0 spiro atoms. The molecular weight excluding hydrogens is 248 g/mol. The topological polar surface area (TPSA) is 95.4 Å². The Morgan fingerprint density at radius 3 is 2.50 bits per heavy atom. The minimum Gasteiger partial charge on any atom is -0.398 e. The molecule has 0 aromatic heterocycles. The maximum Gasteiger partial charge on any atom is 0.238 e. The molecule has 5 nitrogen and oxygen atoms in total. The summed E-state index contributed by atoms with van der Waals surface area (Å²) < 4.78 is 27.2. The molecule has 1 aliphatic rings. The Kier molecular flexibility index (Phi) is 3.11. The SMILES string of the molecule is Nc1cc(S(N)(=O)=O)ccc1SC1COC1. The Bertz CT molecular complexity index is 497. The van der Waals surface area contributed by atoms with Crippen LogP contribution in [0.4, 0.5) is 5.69 Å². The summed E-state index contributed by atoms with van der Waals surface area (Å²) in [5.74, 6) is 0. The maximum atomic E-state index is 11.1. The van der Waals surface area contributed by atoms with Crippen LogP contribution in [0, 0.1) is 0 Å². The molecule has 1 aliphatic heterocycles. The average molecular weight is 260 g/mol. The van der Waals surface area contributed by atoms with Crippen LogP contribution in [-0.4, -0.2) is 26.9 Å². The number of thioether (sulfide) groups is 1. The van der Waals surface area contributed by atoms with Crippen molar-refractivity contribution in [3.05, 3.63) is 18.2 Å². The lowest BCUT2D eigenvalue weighted by atomic mass is 10.3. The molecule has 7 heteroatoms. The molecule has 0 unspecified atom stereocenters. The van der Waals surface area contributed by atoms with Gasteiger partial charge < -0.3 is 10.5 Å². The van der Waals surface area contributed by atoms with Crippen LogP contribution in [0.25, 0.3) is 0 Å². The third kappa shape index (κ3) is 2.49. The number of sulfonamides is 1. The summed E-state index contributed by atoms with van der Waals surface area (Å²) in [6.45, 7) is 1.42. The van der Waals surface area contributed by atoms with E-state index in [9.17, 15) is 8.42 Å².